The molecule has 1 aromatic heterocycles. The fourth-order valence-corrected chi connectivity index (χ4v) is 3.34. The van der Waals surface area contributed by atoms with Gasteiger partial charge < -0.3 is 19.1 Å². The van der Waals surface area contributed by atoms with Crippen molar-refractivity contribution in [2.75, 3.05) is 20.4 Å². The lowest BCUT2D eigenvalue weighted by molar-refractivity contribution is -0.386. The van der Waals surface area contributed by atoms with E-state index in [0.717, 1.165) is 11.0 Å². The monoisotopic (exact) mass is 527 g/mol. The first-order chi connectivity index (χ1) is 17.6. The van der Waals surface area contributed by atoms with Crippen LogP contribution in [0.5, 0.6) is 17.4 Å². The first kappa shape index (κ1) is 27.3. The van der Waals surface area contributed by atoms with Gasteiger partial charge in [-0.15, -0.1) is 0 Å². The van der Waals surface area contributed by atoms with Crippen LogP contribution in [0, 0.1) is 27.4 Å². The van der Waals surface area contributed by atoms with Crippen molar-refractivity contribution >= 4 is 40.0 Å². The highest BCUT2D eigenvalue weighted by atomic mass is 35.5. The fourth-order valence-electron chi connectivity index (χ4n) is 3.18. The van der Waals surface area contributed by atoms with Crippen LogP contribution in [0.15, 0.2) is 42.6 Å². The van der Waals surface area contributed by atoms with Crippen LogP contribution in [0.3, 0.4) is 0 Å². The molecule has 2 atom stereocenters. The second-order valence-corrected chi connectivity index (χ2v) is 8.15. The lowest BCUT2D eigenvalue weighted by Gasteiger charge is -2.21. The van der Waals surface area contributed by atoms with Crippen LogP contribution in [0.4, 0.5) is 5.69 Å². The van der Waals surface area contributed by atoms with Crippen LogP contribution in [-0.2, 0) is 14.3 Å². The average Bonchev–Trinajstić information content (AvgIpc) is 2.87. The standard InChI is InChI=1S/C24H22ClN5O7/c1-4-35-13-29(3)24(32)17(11-26)23(31)14(2)36-21-10-16(6-8-20(21)30(33)34)37-22-12-27-19-9-15(25)5-7-18(19)28-22/h5-10,12,14,17H,4,13H2,1-3H3. The summed E-state index contributed by atoms with van der Waals surface area (Å²) in [4.78, 5) is 45.8. The number of hydrogen-bond acceptors (Lipinski definition) is 10. The van der Waals surface area contributed by atoms with Gasteiger partial charge in [0.2, 0.25) is 17.5 Å². The fraction of sp³-hybridized carbons (Fsp3) is 0.292. The van der Waals surface area contributed by atoms with Crippen LogP contribution in [0.1, 0.15) is 13.8 Å². The number of halogens is 1. The van der Waals surface area contributed by atoms with Gasteiger partial charge in [-0.25, -0.2) is 9.97 Å². The summed E-state index contributed by atoms with van der Waals surface area (Å²) in [7, 11) is 1.39. The first-order valence-electron chi connectivity index (χ1n) is 11.0. The Hall–Kier alpha value is -4.34. The van der Waals surface area contributed by atoms with Gasteiger partial charge in [0.1, 0.15) is 12.5 Å². The van der Waals surface area contributed by atoms with E-state index in [1.165, 1.54) is 32.3 Å². The maximum Gasteiger partial charge on any atom is 0.311 e. The van der Waals surface area contributed by atoms with Crippen molar-refractivity contribution in [3.63, 3.8) is 0 Å². The van der Waals surface area contributed by atoms with Crippen molar-refractivity contribution in [1.29, 1.82) is 5.26 Å². The van der Waals surface area contributed by atoms with Crippen LogP contribution in [0.25, 0.3) is 11.0 Å². The van der Waals surface area contributed by atoms with E-state index in [9.17, 15) is 25.0 Å². The highest BCUT2D eigenvalue weighted by Crippen LogP contribution is 2.34. The molecule has 0 fully saturated rings. The van der Waals surface area contributed by atoms with E-state index in [-0.39, 0.29) is 24.1 Å². The van der Waals surface area contributed by atoms with Crippen LogP contribution in [-0.4, -0.2) is 58.0 Å². The number of carbonyl (C=O) groups excluding carboxylic acids is 2. The third-order valence-corrected chi connectivity index (χ3v) is 5.30. The van der Waals surface area contributed by atoms with Gasteiger partial charge in [0.15, 0.2) is 17.8 Å². The number of amides is 1. The maximum absolute atomic E-state index is 12.8. The predicted octanol–water partition coefficient (Wildman–Crippen LogP) is 3.91. The summed E-state index contributed by atoms with van der Waals surface area (Å²) in [6.45, 7) is 3.25. The van der Waals surface area contributed by atoms with E-state index in [0.29, 0.717) is 22.7 Å². The molecular formula is C24H22ClN5O7. The molecule has 12 nitrogen and oxygen atoms in total. The summed E-state index contributed by atoms with van der Waals surface area (Å²) in [5.41, 5.74) is 0.619. The van der Waals surface area contributed by atoms with E-state index in [1.54, 1.807) is 31.2 Å². The molecule has 0 aliphatic carbocycles. The molecule has 0 N–H and O–H groups in total. The van der Waals surface area contributed by atoms with E-state index >= 15 is 0 Å². The van der Waals surface area contributed by atoms with Gasteiger partial charge in [0.25, 0.3) is 0 Å². The van der Waals surface area contributed by atoms with E-state index in [1.807, 2.05) is 0 Å². The number of nitro benzene ring substituents is 1. The molecule has 0 saturated heterocycles. The molecule has 192 valence electrons. The summed E-state index contributed by atoms with van der Waals surface area (Å²) >= 11 is 5.95. The van der Waals surface area contributed by atoms with E-state index in [4.69, 9.17) is 25.8 Å². The molecule has 3 rings (SSSR count). The van der Waals surface area contributed by atoms with Gasteiger partial charge in [-0.2, -0.15) is 5.26 Å². The normalized spacial score (nSPS) is 12.3. The number of fused-ring (bicyclic) bond motifs is 1. The zero-order chi connectivity index (χ0) is 27.1. The Morgan fingerprint density at radius 3 is 2.68 bits per heavy atom. The summed E-state index contributed by atoms with van der Waals surface area (Å²) in [5, 5.41) is 21.5. The lowest BCUT2D eigenvalue weighted by atomic mass is 10.0. The summed E-state index contributed by atoms with van der Waals surface area (Å²) in [5.74, 6) is -3.40. The van der Waals surface area contributed by atoms with Crippen LogP contribution < -0.4 is 9.47 Å². The smallest absolute Gasteiger partial charge is 0.311 e. The Kier molecular flexibility index (Phi) is 8.89. The Morgan fingerprint density at radius 2 is 2.00 bits per heavy atom. The van der Waals surface area contributed by atoms with Gasteiger partial charge in [0.05, 0.1) is 28.2 Å². The molecular weight excluding hydrogens is 506 g/mol. The SMILES string of the molecule is CCOCN(C)C(=O)C(C#N)C(=O)C(C)Oc1cc(Oc2cnc3cc(Cl)ccc3n2)ccc1[N+](=O)[O-]. The van der Waals surface area contributed by atoms with Gasteiger partial charge in [-0.05, 0) is 38.1 Å². The Labute approximate surface area is 216 Å². The molecule has 0 aliphatic heterocycles. The molecule has 0 bridgehead atoms. The summed E-state index contributed by atoms with van der Waals surface area (Å²) in [6, 6.07) is 10.3. The molecule has 3 aromatic rings. The Morgan fingerprint density at radius 1 is 1.24 bits per heavy atom. The molecule has 0 saturated carbocycles. The number of nitriles is 1. The number of nitrogens with zero attached hydrogens (tertiary/aromatic N) is 5. The minimum atomic E-state index is -1.68. The van der Waals surface area contributed by atoms with Crippen molar-refractivity contribution in [3.8, 4) is 23.4 Å². The van der Waals surface area contributed by atoms with Crippen molar-refractivity contribution in [1.82, 2.24) is 14.9 Å². The minimum Gasteiger partial charge on any atom is -0.476 e. The average molecular weight is 528 g/mol. The van der Waals surface area contributed by atoms with E-state index < -0.39 is 34.3 Å². The van der Waals surface area contributed by atoms with Gasteiger partial charge in [-0.3, -0.25) is 19.7 Å². The number of ketones is 1. The first-order valence-corrected chi connectivity index (χ1v) is 11.3. The molecule has 0 spiro atoms. The largest absolute Gasteiger partial charge is 0.476 e. The molecule has 2 aromatic carbocycles. The minimum absolute atomic E-state index is 0.103. The summed E-state index contributed by atoms with van der Waals surface area (Å²) < 4.78 is 16.4. The van der Waals surface area contributed by atoms with Gasteiger partial charge in [0, 0.05) is 30.8 Å². The zero-order valence-corrected chi connectivity index (χ0v) is 20.8. The Bertz CT molecular complexity index is 1380. The number of Topliss-reactive ketones (excluding diaryl/α,β-unsaturated/α-hetero) is 1. The number of hydrogen-bond donors (Lipinski definition) is 0. The number of carbonyl (C=O) groups is 2. The molecule has 1 heterocycles. The number of rotatable bonds is 11. The lowest BCUT2D eigenvalue weighted by Crippen LogP contribution is -2.42. The van der Waals surface area contributed by atoms with E-state index in [2.05, 4.69) is 9.97 Å². The molecule has 0 aliphatic rings. The highest BCUT2D eigenvalue weighted by Gasteiger charge is 2.34. The second-order valence-electron chi connectivity index (χ2n) is 7.71. The van der Waals surface area contributed by atoms with Crippen molar-refractivity contribution in [2.24, 2.45) is 5.92 Å². The highest BCUT2D eigenvalue weighted by molar-refractivity contribution is 6.31. The third-order valence-electron chi connectivity index (χ3n) is 5.06. The molecule has 2 unspecified atom stereocenters. The quantitative estimate of drug-likeness (QED) is 0.155. The topological polar surface area (TPSA) is 158 Å². The molecule has 1 amide bonds. The molecule has 0 radical (unpaired) electrons. The maximum atomic E-state index is 12.8. The number of nitro groups is 1. The van der Waals surface area contributed by atoms with Crippen molar-refractivity contribution < 1.29 is 28.7 Å². The van der Waals surface area contributed by atoms with Gasteiger partial charge in [-0.1, -0.05) is 11.6 Å². The second kappa shape index (κ2) is 12.1. The van der Waals surface area contributed by atoms with Crippen LogP contribution >= 0.6 is 11.6 Å². The number of ether oxygens (including phenoxy) is 3. The third kappa shape index (κ3) is 6.66. The van der Waals surface area contributed by atoms with Crippen molar-refractivity contribution in [3.05, 3.63) is 57.7 Å². The predicted molar refractivity (Wildman–Crippen MR) is 131 cm³/mol. The van der Waals surface area contributed by atoms with Crippen LogP contribution in [0.2, 0.25) is 5.02 Å². The Balaban J connectivity index is 1.82. The van der Waals surface area contributed by atoms with Gasteiger partial charge >= 0.3 is 5.69 Å². The molecule has 13 heteroatoms. The number of aromatic nitrogens is 2. The summed E-state index contributed by atoms with van der Waals surface area (Å²) in [6.07, 6.45) is -0.0116. The van der Waals surface area contributed by atoms with Crippen molar-refractivity contribution in [2.45, 2.75) is 20.0 Å². The number of benzene rings is 2. The molecule has 37 heavy (non-hydrogen) atoms. The zero-order valence-electron chi connectivity index (χ0n) is 20.1.